The van der Waals surface area contributed by atoms with E-state index in [0.29, 0.717) is 12.2 Å². The number of hydrogen-bond acceptors (Lipinski definition) is 8. The monoisotopic (exact) mass is 465 g/mol. The zero-order valence-electron chi connectivity index (χ0n) is 18.2. The Kier molecular flexibility index (Phi) is 11.1. The topological polar surface area (TPSA) is 129 Å². The summed E-state index contributed by atoms with van der Waals surface area (Å²) in [5, 5.41) is 2.74. The summed E-state index contributed by atoms with van der Waals surface area (Å²) in [5.74, 6) is -0.00570. The smallest absolute Gasteiger partial charge is 0.330 e. The maximum atomic E-state index is 13.1. The highest BCUT2D eigenvalue weighted by atomic mass is 32.7. The molecule has 0 spiro atoms. The number of aromatic amines is 1. The summed E-state index contributed by atoms with van der Waals surface area (Å²) < 4.78 is 31.0. The van der Waals surface area contributed by atoms with Gasteiger partial charge >= 0.3 is 18.4 Å². The predicted octanol–water partition coefficient (Wildman–Crippen LogP) is 2.66. The van der Waals surface area contributed by atoms with Crippen LogP contribution in [-0.4, -0.2) is 46.1 Å². The molecule has 0 bridgehead atoms. The molecule has 172 valence electrons. The lowest BCUT2D eigenvalue weighted by molar-refractivity contribution is -0.149. The molecule has 12 heteroatoms. The maximum absolute atomic E-state index is 13.1. The molecule has 0 amide bonds. The third-order valence-corrected chi connectivity index (χ3v) is 7.95. The van der Waals surface area contributed by atoms with Crippen LogP contribution in [0.5, 0.6) is 0 Å². The van der Waals surface area contributed by atoms with Crippen molar-refractivity contribution < 1.29 is 23.4 Å². The molecule has 2 N–H and O–H groups in total. The molecular weight excluding hydrogens is 433 g/mol. The van der Waals surface area contributed by atoms with E-state index in [4.69, 9.17) is 14.0 Å². The van der Waals surface area contributed by atoms with Crippen LogP contribution in [0.25, 0.3) is 0 Å². The second-order valence-electron chi connectivity index (χ2n) is 6.87. The first kappa shape index (κ1) is 26.6. The van der Waals surface area contributed by atoms with E-state index in [1.54, 1.807) is 27.7 Å². The highest BCUT2D eigenvalue weighted by Gasteiger charge is 2.30. The number of nitrogens with zero attached hydrogens (tertiary/aromatic N) is 1. The summed E-state index contributed by atoms with van der Waals surface area (Å²) in [6.45, 7) is 6.98. The lowest BCUT2D eigenvalue weighted by atomic mass is 10.3. The number of hydrogen-bond donors (Lipinski definition) is 2. The van der Waals surface area contributed by atoms with Gasteiger partial charge in [0, 0.05) is 18.0 Å². The van der Waals surface area contributed by atoms with E-state index in [1.165, 1.54) is 16.8 Å². The van der Waals surface area contributed by atoms with E-state index in [-0.39, 0.29) is 12.7 Å². The van der Waals surface area contributed by atoms with Gasteiger partial charge in [-0.2, -0.15) is 0 Å². The number of esters is 1. The van der Waals surface area contributed by atoms with Crippen molar-refractivity contribution in [1.29, 1.82) is 0 Å². The second-order valence-corrected chi connectivity index (χ2v) is 11.4. The van der Waals surface area contributed by atoms with Crippen LogP contribution in [0.2, 0.25) is 0 Å². The van der Waals surface area contributed by atoms with Gasteiger partial charge in [-0.3, -0.25) is 23.7 Å². The number of carbonyl (C=O) groups is 1. The van der Waals surface area contributed by atoms with Crippen molar-refractivity contribution in [3.05, 3.63) is 33.1 Å². The highest BCUT2D eigenvalue weighted by molar-refractivity contribution is 8.56. The average Bonchev–Trinajstić information content (AvgIpc) is 2.64. The third-order valence-electron chi connectivity index (χ3n) is 3.74. The molecule has 0 saturated heterocycles. The lowest BCUT2D eigenvalue weighted by Gasteiger charge is -2.26. The standard InChI is InChI=1S/C18H32N3O7PS/c1-7-16(21-10-9-15(22)19-18(21)24)28-13(5)11-26-29(25,30-8-2)20-14(6)17(23)27-12(3)4/h9-10,12-14,16H,7-8,11H2,1-6H3,(H,20,25)(H,19,22,24)/t13-,14-,16+,29+/m0/s1. The van der Waals surface area contributed by atoms with Crippen molar-refractivity contribution in [2.24, 2.45) is 0 Å². The molecule has 0 fully saturated rings. The van der Waals surface area contributed by atoms with Crippen LogP contribution in [0.4, 0.5) is 0 Å². The third kappa shape index (κ3) is 8.77. The van der Waals surface area contributed by atoms with Crippen LogP contribution in [-0.2, 0) is 23.4 Å². The van der Waals surface area contributed by atoms with Gasteiger partial charge in [0.15, 0.2) is 0 Å². The van der Waals surface area contributed by atoms with E-state index in [9.17, 15) is 18.9 Å². The highest BCUT2D eigenvalue weighted by Crippen LogP contribution is 2.56. The Morgan fingerprint density at radius 3 is 2.47 bits per heavy atom. The molecule has 0 aromatic carbocycles. The molecule has 1 rings (SSSR count). The first-order chi connectivity index (χ1) is 14.0. The van der Waals surface area contributed by atoms with Crippen molar-refractivity contribution in [3.63, 3.8) is 0 Å². The zero-order valence-corrected chi connectivity index (χ0v) is 20.0. The fourth-order valence-electron chi connectivity index (χ4n) is 2.43. The Balaban J connectivity index is 2.76. The van der Waals surface area contributed by atoms with E-state index >= 15 is 0 Å². The molecule has 0 radical (unpaired) electrons. The molecule has 0 aliphatic carbocycles. The lowest BCUT2D eigenvalue weighted by Crippen LogP contribution is -2.35. The Morgan fingerprint density at radius 2 is 1.93 bits per heavy atom. The van der Waals surface area contributed by atoms with Gasteiger partial charge in [0.2, 0.25) is 0 Å². The Bertz CT molecular complexity index is 842. The van der Waals surface area contributed by atoms with Crippen molar-refractivity contribution in [3.8, 4) is 0 Å². The quantitative estimate of drug-likeness (QED) is 0.334. The molecular formula is C18H32N3O7PS. The van der Waals surface area contributed by atoms with Gasteiger partial charge in [-0.15, -0.1) is 0 Å². The molecule has 1 aromatic heterocycles. The minimum Gasteiger partial charge on any atom is -0.462 e. The number of nitrogens with one attached hydrogen (secondary N) is 2. The average molecular weight is 466 g/mol. The van der Waals surface area contributed by atoms with E-state index < -0.39 is 42.3 Å². The molecule has 1 aromatic rings. The minimum absolute atomic E-state index is 0.0299. The number of ether oxygens (including phenoxy) is 2. The SMILES string of the molecule is CCS[P@@](=O)(N[C@@H](C)C(=O)OC(C)C)OC[C@H](C)O[C@H](CC)n1ccc(=O)[nH]c1=O. The summed E-state index contributed by atoms with van der Waals surface area (Å²) in [4.78, 5) is 37.4. The van der Waals surface area contributed by atoms with Gasteiger partial charge < -0.3 is 14.0 Å². The summed E-state index contributed by atoms with van der Waals surface area (Å²) in [6.07, 6.45) is 0.410. The Hall–Kier alpha value is -1.39. The van der Waals surface area contributed by atoms with Crippen molar-refractivity contribution in [2.45, 2.75) is 72.4 Å². The number of carbonyl (C=O) groups excluding carboxylic acids is 1. The maximum Gasteiger partial charge on any atom is 0.330 e. The van der Waals surface area contributed by atoms with Crippen LogP contribution in [0, 0.1) is 0 Å². The summed E-state index contributed by atoms with van der Waals surface area (Å²) in [5.41, 5.74) is -1.06. The Morgan fingerprint density at radius 1 is 1.27 bits per heavy atom. The van der Waals surface area contributed by atoms with Gasteiger partial charge in [-0.05, 0) is 34.1 Å². The molecule has 0 saturated carbocycles. The largest absolute Gasteiger partial charge is 0.462 e. The number of H-pyrrole nitrogens is 1. The predicted molar refractivity (Wildman–Crippen MR) is 117 cm³/mol. The normalized spacial score (nSPS) is 16.6. The minimum atomic E-state index is -3.40. The first-order valence-corrected chi connectivity index (χ1v) is 13.1. The van der Waals surface area contributed by atoms with Crippen molar-refractivity contribution in [1.82, 2.24) is 14.6 Å². The molecule has 0 aliphatic rings. The molecule has 10 nitrogen and oxygen atoms in total. The fraction of sp³-hybridized carbons (Fsp3) is 0.722. The van der Waals surface area contributed by atoms with Crippen LogP contribution in [0.15, 0.2) is 21.9 Å². The molecule has 1 heterocycles. The number of rotatable bonds is 13. The van der Waals surface area contributed by atoms with Crippen LogP contribution < -0.4 is 16.3 Å². The van der Waals surface area contributed by atoms with E-state index in [1.807, 2.05) is 13.8 Å². The fourth-order valence-corrected chi connectivity index (χ4v) is 6.10. The van der Waals surface area contributed by atoms with Crippen molar-refractivity contribution >= 4 is 24.1 Å². The van der Waals surface area contributed by atoms with Gasteiger partial charge in [0.05, 0.1) is 18.8 Å². The second kappa shape index (κ2) is 12.5. The van der Waals surface area contributed by atoms with Crippen molar-refractivity contribution in [2.75, 3.05) is 12.4 Å². The Labute approximate surface area is 180 Å². The number of aromatic nitrogens is 2. The summed E-state index contributed by atoms with van der Waals surface area (Å²) in [7, 11) is 0. The van der Waals surface area contributed by atoms with Crippen LogP contribution >= 0.6 is 18.1 Å². The first-order valence-electron chi connectivity index (χ1n) is 9.85. The van der Waals surface area contributed by atoms with Crippen LogP contribution in [0.1, 0.15) is 54.2 Å². The molecule has 0 aliphatic heterocycles. The van der Waals surface area contributed by atoms with Gasteiger partial charge in [0.25, 0.3) is 5.56 Å². The molecule has 0 unspecified atom stereocenters. The van der Waals surface area contributed by atoms with E-state index in [2.05, 4.69) is 10.1 Å². The van der Waals surface area contributed by atoms with E-state index in [0.717, 1.165) is 11.4 Å². The van der Waals surface area contributed by atoms with Gasteiger partial charge in [-0.1, -0.05) is 25.2 Å². The zero-order chi connectivity index (χ0) is 22.9. The molecule has 4 atom stereocenters. The van der Waals surface area contributed by atoms with Gasteiger partial charge in [0.1, 0.15) is 12.3 Å². The van der Waals surface area contributed by atoms with Crippen LogP contribution in [0.3, 0.4) is 0 Å². The summed E-state index contributed by atoms with van der Waals surface area (Å²) >= 11 is 1.07. The molecule has 30 heavy (non-hydrogen) atoms. The summed E-state index contributed by atoms with van der Waals surface area (Å²) in [6, 6.07) is 0.430. The van der Waals surface area contributed by atoms with Gasteiger partial charge in [-0.25, -0.2) is 9.88 Å².